The van der Waals surface area contributed by atoms with Crippen molar-refractivity contribution in [3.8, 4) is 0 Å². The third-order valence-electron chi connectivity index (χ3n) is 4.09. The second kappa shape index (κ2) is 4.33. The number of aromatic nitrogens is 3. The van der Waals surface area contributed by atoms with Gasteiger partial charge in [-0.3, -0.25) is 0 Å². The van der Waals surface area contributed by atoms with Crippen LogP contribution in [-0.4, -0.2) is 26.7 Å². The number of fused-ring (bicyclic) bond motifs is 3. The first kappa shape index (κ1) is 11.9. The summed E-state index contributed by atoms with van der Waals surface area (Å²) in [6.45, 7) is 0. The molecule has 3 unspecified atom stereocenters. The van der Waals surface area contributed by atoms with Crippen molar-refractivity contribution < 1.29 is 4.74 Å². The van der Waals surface area contributed by atoms with E-state index >= 15 is 0 Å². The van der Waals surface area contributed by atoms with Gasteiger partial charge in [0.25, 0.3) is 0 Å². The van der Waals surface area contributed by atoms with E-state index in [0.717, 1.165) is 29.8 Å². The second-order valence-electron chi connectivity index (χ2n) is 5.20. The van der Waals surface area contributed by atoms with E-state index in [1.807, 2.05) is 6.07 Å². The Morgan fingerprint density at radius 1 is 1.42 bits per heavy atom. The van der Waals surface area contributed by atoms with Gasteiger partial charge in [-0.25, -0.2) is 9.97 Å². The first-order chi connectivity index (χ1) is 9.26. The van der Waals surface area contributed by atoms with E-state index in [-0.39, 0.29) is 6.10 Å². The molecule has 2 aliphatic heterocycles. The molecule has 6 heteroatoms. The quantitative estimate of drug-likeness (QED) is 0.799. The summed E-state index contributed by atoms with van der Waals surface area (Å²) < 4.78 is 8.09. The summed E-state index contributed by atoms with van der Waals surface area (Å²) in [6.07, 6.45) is 5.65. The monoisotopic (exact) mass is 297 g/mol. The fourth-order valence-corrected chi connectivity index (χ4v) is 3.67. The standard InChI is InChI=1S/C13H13Cl2N3O/c14-5-12-17-9-3-7(15)6-16-13(9)18(12)10-4-8-1-2-11(10)19-8/h3,6,8,10-11H,1-2,4-5H2. The number of imidazole rings is 1. The van der Waals surface area contributed by atoms with Crippen LogP contribution in [0.4, 0.5) is 0 Å². The molecule has 4 nitrogen and oxygen atoms in total. The molecule has 2 aromatic heterocycles. The Balaban J connectivity index is 1.88. The van der Waals surface area contributed by atoms with Gasteiger partial charge in [-0.2, -0.15) is 0 Å². The molecule has 2 bridgehead atoms. The van der Waals surface area contributed by atoms with Gasteiger partial charge >= 0.3 is 0 Å². The van der Waals surface area contributed by atoms with Crippen LogP contribution in [0.1, 0.15) is 31.1 Å². The molecule has 2 aliphatic rings. The highest BCUT2D eigenvalue weighted by atomic mass is 35.5. The van der Waals surface area contributed by atoms with E-state index in [9.17, 15) is 0 Å². The highest BCUT2D eigenvalue weighted by Crippen LogP contribution is 2.43. The molecule has 0 aliphatic carbocycles. The summed E-state index contributed by atoms with van der Waals surface area (Å²) in [5.74, 6) is 1.23. The number of hydrogen-bond acceptors (Lipinski definition) is 3. The van der Waals surface area contributed by atoms with Gasteiger partial charge in [-0.1, -0.05) is 11.6 Å². The number of pyridine rings is 1. The van der Waals surface area contributed by atoms with Crippen molar-refractivity contribution in [2.24, 2.45) is 0 Å². The minimum atomic E-state index is 0.279. The summed E-state index contributed by atoms with van der Waals surface area (Å²) in [4.78, 5) is 8.98. The topological polar surface area (TPSA) is 39.9 Å². The minimum absolute atomic E-state index is 0.279. The molecule has 2 fully saturated rings. The maximum absolute atomic E-state index is 6.04. The van der Waals surface area contributed by atoms with Crippen LogP contribution in [-0.2, 0) is 10.6 Å². The zero-order chi connectivity index (χ0) is 13.0. The summed E-state index contributed by atoms with van der Waals surface area (Å²) in [7, 11) is 0. The van der Waals surface area contributed by atoms with E-state index in [4.69, 9.17) is 27.9 Å². The van der Waals surface area contributed by atoms with Crippen molar-refractivity contribution in [1.29, 1.82) is 0 Å². The molecule has 0 radical (unpaired) electrons. The molecular formula is C13H13Cl2N3O. The molecule has 19 heavy (non-hydrogen) atoms. The minimum Gasteiger partial charge on any atom is -0.373 e. The zero-order valence-electron chi connectivity index (χ0n) is 10.2. The Hall–Kier alpha value is -0.840. The number of alkyl halides is 1. The predicted octanol–water partition coefficient (Wildman–Crippen LogP) is 3.32. The Bertz CT molecular complexity index is 642. The Morgan fingerprint density at radius 3 is 3.00 bits per heavy atom. The third-order valence-corrected chi connectivity index (χ3v) is 4.54. The number of hydrogen-bond donors (Lipinski definition) is 0. The Labute approximate surface area is 120 Å². The van der Waals surface area contributed by atoms with E-state index in [0.29, 0.717) is 23.0 Å². The van der Waals surface area contributed by atoms with Crippen molar-refractivity contribution in [1.82, 2.24) is 14.5 Å². The van der Waals surface area contributed by atoms with Crippen molar-refractivity contribution in [2.75, 3.05) is 0 Å². The smallest absolute Gasteiger partial charge is 0.160 e. The molecule has 0 saturated carbocycles. The average Bonchev–Trinajstić information content (AvgIpc) is 3.09. The third kappa shape index (κ3) is 1.77. The van der Waals surface area contributed by atoms with E-state index in [1.54, 1.807) is 6.20 Å². The largest absolute Gasteiger partial charge is 0.373 e. The normalized spacial score (nSPS) is 29.5. The summed E-state index contributed by atoms with van der Waals surface area (Å²) in [5, 5.41) is 0.600. The number of nitrogens with zero attached hydrogens (tertiary/aromatic N) is 3. The van der Waals surface area contributed by atoms with Gasteiger partial charge in [0.15, 0.2) is 5.65 Å². The summed E-state index contributed by atoms with van der Waals surface area (Å²) in [6, 6.07) is 2.15. The van der Waals surface area contributed by atoms with Gasteiger partial charge in [0.2, 0.25) is 0 Å². The molecule has 2 aromatic rings. The van der Waals surface area contributed by atoms with Gasteiger partial charge in [0.1, 0.15) is 11.3 Å². The fraction of sp³-hybridized carbons (Fsp3) is 0.538. The lowest BCUT2D eigenvalue weighted by Crippen LogP contribution is -2.22. The second-order valence-corrected chi connectivity index (χ2v) is 5.91. The highest BCUT2D eigenvalue weighted by molar-refractivity contribution is 6.31. The predicted molar refractivity (Wildman–Crippen MR) is 73.6 cm³/mol. The SMILES string of the molecule is ClCc1nc2cc(Cl)cnc2n1C1CC2CCC1O2. The summed E-state index contributed by atoms with van der Waals surface area (Å²) in [5.41, 5.74) is 1.67. The zero-order valence-corrected chi connectivity index (χ0v) is 11.7. The summed E-state index contributed by atoms with van der Waals surface area (Å²) >= 11 is 12.0. The fourth-order valence-electron chi connectivity index (χ4n) is 3.33. The first-order valence-corrected chi connectivity index (χ1v) is 7.41. The first-order valence-electron chi connectivity index (χ1n) is 6.50. The highest BCUT2D eigenvalue weighted by Gasteiger charge is 2.43. The molecule has 3 atom stereocenters. The van der Waals surface area contributed by atoms with Gasteiger partial charge in [0, 0.05) is 6.20 Å². The van der Waals surface area contributed by atoms with Crippen LogP contribution in [0.25, 0.3) is 11.2 Å². The lowest BCUT2D eigenvalue weighted by molar-refractivity contribution is 0.0939. The van der Waals surface area contributed by atoms with E-state index in [1.165, 1.54) is 6.42 Å². The molecule has 4 rings (SSSR count). The molecule has 2 saturated heterocycles. The van der Waals surface area contributed by atoms with Crippen LogP contribution in [0.2, 0.25) is 5.02 Å². The number of ether oxygens (including phenoxy) is 1. The van der Waals surface area contributed by atoms with Crippen molar-refractivity contribution in [2.45, 2.75) is 43.4 Å². The van der Waals surface area contributed by atoms with Crippen LogP contribution >= 0.6 is 23.2 Å². The van der Waals surface area contributed by atoms with E-state index < -0.39 is 0 Å². The van der Waals surface area contributed by atoms with E-state index in [2.05, 4.69) is 14.5 Å². The molecule has 4 heterocycles. The number of halogens is 2. The Kier molecular flexibility index (Phi) is 2.72. The average molecular weight is 298 g/mol. The van der Waals surface area contributed by atoms with Crippen LogP contribution in [0.3, 0.4) is 0 Å². The van der Waals surface area contributed by atoms with Gasteiger partial charge in [-0.05, 0) is 25.3 Å². The van der Waals surface area contributed by atoms with Crippen LogP contribution < -0.4 is 0 Å². The molecule has 0 spiro atoms. The molecule has 0 amide bonds. The molecule has 0 aromatic carbocycles. The lowest BCUT2D eigenvalue weighted by Gasteiger charge is -2.22. The van der Waals surface area contributed by atoms with Crippen molar-refractivity contribution in [3.05, 3.63) is 23.1 Å². The van der Waals surface area contributed by atoms with Gasteiger partial charge in [0.05, 0.1) is 29.2 Å². The van der Waals surface area contributed by atoms with Crippen LogP contribution in [0.15, 0.2) is 12.3 Å². The number of rotatable bonds is 2. The van der Waals surface area contributed by atoms with Crippen molar-refractivity contribution >= 4 is 34.4 Å². The lowest BCUT2D eigenvalue weighted by atomic mass is 9.95. The van der Waals surface area contributed by atoms with Gasteiger partial charge < -0.3 is 9.30 Å². The maximum Gasteiger partial charge on any atom is 0.160 e. The molecular weight excluding hydrogens is 285 g/mol. The van der Waals surface area contributed by atoms with Gasteiger partial charge in [-0.15, -0.1) is 11.6 Å². The van der Waals surface area contributed by atoms with Crippen LogP contribution in [0, 0.1) is 0 Å². The molecule has 0 N–H and O–H groups in total. The molecule has 100 valence electrons. The van der Waals surface area contributed by atoms with Crippen LogP contribution in [0.5, 0.6) is 0 Å². The maximum atomic E-state index is 6.04. The Morgan fingerprint density at radius 2 is 2.32 bits per heavy atom. The van der Waals surface area contributed by atoms with Crippen molar-refractivity contribution in [3.63, 3.8) is 0 Å².